The number of nitrogens with one attached hydrogen (secondary N) is 2. The van der Waals surface area contributed by atoms with Gasteiger partial charge in [-0.1, -0.05) is 12.1 Å². The van der Waals surface area contributed by atoms with Crippen molar-refractivity contribution in [2.24, 2.45) is 0 Å². The summed E-state index contributed by atoms with van der Waals surface area (Å²) >= 11 is 1.70. The second kappa shape index (κ2) is 4.43. The Labute approximate surface area is 103 Å². The van der Waals surface area contributed by atoms with Crippen molar-refractivity contribution in [1.29, 1.82) is 0 Å². The quantitative estimate of drug-likeness (QED) is 0.859. The third-order valence-electron chi connectivity index (χ3n) is 2.86. The number of hydrogen-bond acceptors (Lipinski definition) is 4. The van der Waals surface area contributed by atoms with Crippen LogP contribution in [0.2, 0.25) is 0 Å². The Bertz CT molecular complexity index is 518. The molecular formula is C12H13N3OS. The topological polar surface area (TPSA) is 54.0 Å². The number of amides is 1. The van der Waals surface area contributed by atoms with Crippen LogP contribution in [0, 0.1) is 0 Å². The molecule has 1 aliphatic rings. The lowest BCUT2D eigenvalue weighted by Crippen LogP contribution is -2.30. The summed E-state index contributed by atoms with van der Waals surface area (Å²) in [7, 11) is 0. The van der Waals surface area contributed by atoms with Crippen LogP contribution in [0.1, 0.15) is 11.4 Å². The minimum absolute atomic E-state index is 0.131. The molecule has 1 aromatic heterocycles. The first-order chi connectivity index (χ1) is 8.31. The summed E-state index contributed by atoms with van der Waals surface area (Å²) in [6, 6.07) is 8.37. The van der Waals surface area contributed by atoms with Crippen LogP contribution in [0.15, 0.2) is 24.3 Å². The second-order valence-corrected chi connectivity index (χ2v) is 5.28. The maximum Gasteiger partial charge on any atom is 0.221 e. The lowest BCUT2D eigenvalue weighted by Gasteiger charge is -2.07. The summed E-state index contributed by atoms with van der Waals surface area (Å²) in [6.07, 6.45) is 0.574. The number of benzene rings is 1. The molecule has 0 saturated carbocycles. The van der Waals surface area contributed by atoms with Crippen molar-refractivity contribution >= 4 is 27.5 Å². The maximum atomic E-state index is 11.0. The number of hydrogen-bond donors (Lipinski definition) is 2. The monoisotopic (exact) mass is 247 g/mol. The first kappa shape index (κ1) is 10.7. The minimum atomic E-state index is 0.131. The molecule has 2 aromatic rings. The zero-order chi connectivity index (χ0) is 11.7. The first-order valence-corrected chi connectivity index (χ1v) is 6.47. The molecule has 1 unspecified atom stereocenters. The number of thiazole rings is 1. The number of nitrogens with zero attached hydrogens (tertiary/aromatic N) is 1. The number of aromatic nitrogens is 1. The Balaban J connectivity index is 1.66. The summed E-state index contributed by atoms with van der Waals surface area (Å²) in [6.45, 7) is 1.46. The zero-order valence-electron chi connectivity index (χ0n) is 9.27. The molecule has 1 saturated heterocycles. The van der Waals surface area contributed by atoms with Gasteiger partial charge in [-0.15, -0.1) is 11.3 Å². The number of carbonyl (C=O) groups excluding carboxylic acids is 1. The van der Waals surface area contributed by atoms with Crippen LogP contribution in [-0.4, -0.2) is 23.5 Å². The highest BCUT2D eigenvalue weighted by molar-refractivity contribution is 7.18. The summed E-state index contributed by atoms with van der Waals surface area (Å²) in [5, 5.41) is 7.24. The fourth-order valence-corrected chi connectivity index (χ4v) is 2.89. The molecule has 1 fully saturated rings. The Morgan fingerprint density at radius 1 is 1.47 bits per heavy atom. The lowest BCUT2D eigenvalue weighted by molar-refractivity contribution is -0.119. The Morgan fingerprint density at radius 2 is 2.35 bits per heavy atom. The van der Waals surface area contributed by atoms with Gasteiger partial charge in [0.15, 0.2) is 0 Å². The molecule has 5 heteroatoms. The normalized spacial score (nSPS) is 19.8. The second-order valence-electron chi connectivity index (χ2n) is 4.16. The molecule has 0 radical (unpaired) electrons. The van der Waals surface area contributed by atoms with Crippen LogP contribution >= 0.6 is 11.3 Å². The van der Waals surface area contributed by atoms with Crippen LogP contribution in [0.25, 0.3) is 10.2 Å². The maximum absolute atomic E-state index is 11.0. The van der Waals surface area contributed by atoms with Gasteiger partial charge in [-0.25, -0.2) is 4.98 Å². The summed E-state index contributed by atoms with van der Waals surface area (Å²) in [5.41, 5.74) is 1.05. The smallest absolute Gasteiger partial charge is 0.221 e. The third kappa shape index (κ3) is 2.30. The van der Waals surface area contributed by atoms with Gasteiger partial charge in [0.05, 0.1) is 10.2 Å². The third-order valence-corrected chi connectivity index (χ3v) is 3.89. The van der Waals surface area contributed by atoms with Crippen molar-refractivity contribution in [1.82, 2.24) is 15.6 Å². The molecule has 1 atom stereocenters. The fraction of sp³-hybridized carbons (Fsp3) is 0.333. The van der Waals surface area contributed by atoms with E-state index in [-0.39, 0.29) is 11.9 Å². The van der Waals surface area contributed by atoms with E-state index in [1.54, 1.807) is 11.3 Å². The zero-order valence-corrected chi connectivity index (χ0v) is 10.1. The predicted molar refractivity (Wildman–Crippen MR) is 67.9 cm³/mol. The van der Waals surface area contributed by atoms with Gasteiger partial charge in [-0.2, -0.15) is 0 Å². The van der Waals surface area contributed by atoms with Crippen molar-refractivity contribution in [3.05, 3.63) is 29.3 Å². The van der Waals surface area contributed by atoms with E-state index in [4.69, 9.17) is 0 Å². The minimum Gasteiger partial charge on any atom is -0.354 e. The number of para-hydroxylation sites is 1. The van der Waals surface area contributed by atoms with Crippen molar-refractivity contribution in [2.45, 2.75) is 19.0 Å². The molecule has 3 rings (SSSR count). The van der Waals surface area contributed by atoms with Crippen LogP contribution in [0.3, 0.4) is 0 Å². The largest absolute Gasteiger partial charge is 0.354 e. The highest BCUT2D eigenvalue weighted by Crippen LogP contribution is 2.21. The van der Waals surface area contributed by atoms with Crippen molar-refractivity contribution in [3.63, 3.8) is 0 Å². The van der Waals surface area contributed by atoms with Crippen molar-refractivity contribution in [3.8, 4) is 0 Å². The molecule has 1 aliphatic heterocycles. The molecule has 0 aliphatic carbocycles. The van der Waals surface area contributed by atoms with Gasteiger partial charge in [-0.05, 0) is 12.1 Å². The van der Waals surface area contributed by atoms with E-state index in [2.05, 4.69) is 21.7 Å². The molecule has 1 aromatic carbocycles. The van der Waals surface area contributed by atoms with Crippen LogP contribution in [0.5, 0.6) is 0 Å². The molecule has 2 N–H and O–H groups in total. The van der Waals surface area contributed by atoms with Gasteiger partial charge >= 0.3 is 0 Å². The van der Waals surface area contributed by atoms with Crippen molar-refractivity contribution < 1.29 is 4.79 Å². The molecular weight excluding hydrogens is 234 g/mol. The van der Waals surface area contributed by atoms with E-state index in [0.29, 0.717) is 6.42 Å². The van der Waals surface area contributed by atoms with Crippen LogP contribution in [0.4, 0.5) is 0 Å². The number of carbonyl (C=O) groups is 1. The summed E-state index contributed by atoms with van der Waals surface area (Å²) < 4.78 is 1.21. The average Bonchev–Trinajstić information content (AvgIpc) is 2.91. The SMILES string of the molecule is O=C1CC(NCc2nc3ccccc3s2)CN1. The Morgan fingerprint density at radius 3 is 3.12 bits per heavy atom. The Hall–Kier alpha value is -1.46. The van der Waals surface area contributed by atoms with E-state index in [9.17, 15) is 4.79 Å². The van der Waals surface area contributed by atoms with Gasteiger partial charge in [0.25, 0.3) is 0 Å². The number of fused-ring (bicyclic) bond motifs is 1. The molecule has 0 spiro atoms. The fourth-order valence-electron chi connectivity index (χ4n) is 1.98. The van der Waals surface area contributed by atoms with E-state index < -0.39 is 0 Å². The van der Waals surface area contributed by atoms with E-state index in [1.165, 1.54) is 4.70 Å². The Kier molecular flexibility index (Phi) is 2.78. The van der Waals surface area contributed by atoms with E-state index in [1.807, 2.05) is 18.2 Å². The molecule has 2 heterocycles. The highest BCUT2D eigenvalue weighted by Gasteiger charge is 2.20. The van der Waals surface area contributed by atoms with E-state index in [0.717, 1.165) is 23.6 Å². The molecule has 17 heavy (non-hydrogen) atoms. The first-order valence-electron chi connectivity index (χ1n) is 5.66. The standard InChI is InChI=1S/C12H13N3OS/c16-11-5-8(6-14-11)13-7-12-15-9-3-1-2-4-10(9)17-12/h1-4,8,13H,5-7H2,(H,14,16). The van der Waals surface area contributed by atoms with Crippen LogP contribution in [-0.2, 0) is 11.3 Å². The molecule has 1 amide bonds. The summed E-state index contributed by atoms with van der Waals surface area (Å²) in [4.78, 5) is 15.6. The van der Waals surface area contributed by atoms with Gasteiger partial charge in [0.1, 0.15) is 5.01 Å². The average molecular weight is 247 g/mol. The van der Waals surface area contributed by atoms with Crippen LogP contribution < -0.4 is 10.6 Å². The van der Waals surface area contributed by atoms with Gasteiger partial charge in [0.2, 0.25) is 5.91 Å². The predicted octanol–water partition coefficient (Wildman–Crippen LogP) is 1.27. The molecule has 0 bridgehead atoms. The van der Waals surface area contributed by atoms with Gasteiger partial charge < -0.3 is 10.6 Å². The van der Waals surface area contributed by atoms with Gasteiger partial charge in [0, 0.05) is 25.6 Å². The lowest BCUT2D eigenvalue weighted by atomic mass is 10.2. The van der Waals surface area contributed by atoms with Crippen molar-refractivity contribution in [2.75, 3.05) is 6.54 Å². The highest BCUT2D eigenvalue weighted by atomic mass is 32.1. The van der Waals surface area contributed by atoms with E-state index >= 15 is 0 Å². The van der Waals surface area contributed by atoms with Gasteiger partial charge in [-0.3, -0.25) is 4.79 Å². The molecule has 4 nitrogen and oxygen atoms in total. The molecule has 88 valence electrons. The number of rotatable bonds is 3. The summed E-state index contributed by atoms with van der Waals surface area (Å²) in [5.74, 6) is 0.131.